The first-order valence-corrected chi connectivity index (χ1v) is 3.88. The van der Waals surface area contributed by atoms with Crippen LogP contribution in [0.25, 0.3) is 0 Å². The predicted molar refractivity (Wildman–Crippen MR) is 43.9 cm³/mol. The largest absolute Gasteiger partial charge is 0.361 e. The summed E-state index contributed by atoms with van der Waals surface area (Å²) in [6, 6.07) is 0. The van der Waals surface area contributed by atoms with Gasteiger partial charge in [0.1, 0.15) is 6.33 Å². The quantitative estimate of drug-likeness (QED) is 0.595. The van der Waals surface area contributed by atoms with Crippen LogP contribution in [0.15, 0.2) is 18.7 Å². The van der Waals surface area contributed by atoms with Crippen molar-refractivity contribution in [2.75, 3.05) is 18.0 Å². The van der Waals surface area contributed by atoms with Crippen molar-refractivity contribution in [3.05, 3.63) is 18.7 Å². The Kier molecular flexibility index (Phi) is 1.74. The molecular weight excluding hydrogens is 154 g/mol. The summed E-state index contributed by atoms with van der Waals surface area (Å²) in [7, 11) is 0. The maximum atomic E-state index is 10.9. The molecule has 0 aliphatic carbocycles. The molecule has 0 spiro atoms. The van der Waals surface area contributed by atoms with E-state index in [9.17, 15) is 4.79 Å². The van der Waals surface area contributed by atoms with Gasteiger partial charge in [-0.05, 0) is 0 Å². The minimum absolute atomic E-state index is 0.291. The Morgan fingerprint density at radius 1 is 1.33 bits per heavy atom. The number of carbonyl (C=O) groups is 1. The van der Waals surface area contributed by atoms with Crippen LogP contribution < -0.4 is 4.90 Å². The molecule has 1 aromatic rings. The molecule has 62 valence electrons. The van der Waals surface area contributed by atoms with Crippen LogP contribution in [-0.4, -0.2) is 28.8 Å². The van der Waals surface area contributed by atoms with Gasteiger partial charge < -0.3 is 4.90 Å². The number of aromatic nitrogens is 2. The Bertz CT molecular complexity index is 286. The van der Waals surface area contributed by atoms with Crippen molar-refractivity contribution in [3.63, 3.8) is 0 Å². The second-order valence-corrected chi connectivity index (χ2v) is 2.81. The van der Waals surface area contributed by atoms with E-state index in [0.717, 1.165) is 12.2 Å². The molecule has 0 N–H and O–H groups in total. The predicted octanol–water partition coefficient (Wildman–Crippen LogP) is 0.256. The summed E-state index contributed by atoms with van der Waals surface area (Å²) < 4.78 is 0. The van der Waals surface area contributed by atoms with Crippen LogP contribution in [0.4, 0.5) is 5.69 Å². The molecule has 2 heterocycles. The van der Waals surface area contributed by atoms with Gasteiger partial charge >= 0.3 is 0 Å². The van der Waals surface area contributed by atoms with E-state index in [1.54, 1.807) is 12.4 Å². The summed E-state index contributed by atoms with van der Waals surface area (Å²) in [5.41, 5.74) is 0.934. The number of carbonyl (C=O) groups excluding carboxylic acids is 1. The lowest BCUT2D eigenvalue weighted by Gasteiger charge is -2.14. The highest BCUT2D eigenvalue weighted by atomic mass is 16.1. The van der Waals surface area contributed by atoms with Crippen molar-refractivity contribution in [3.8, 4) is 0 Å². The summed E-state index contributed by atoms with van der Waals surface area (Å²) in [5, 5.41) is 0. The molecule has 2 rings (SSSR count). The average molecular weight is 163 g/mol. The van der Waals surface area contributed by atoms with Gasteiger partial charge in [-0.25, -0.2) is 9.97 Å². The number of Topliss-reactive ketones (excluding diaryl/α,β-unsaturated/α-hetero) is 1. The average Bonchev–Trinajstić information content (AvgIpc) is 2.54. The number of anilines is 1. The molecule has 1 aliphatic rings. The van der Waals surface area contributed by atoms with E-state index in [2.05, 4.69) is 9.97 Å². The highest BCUT2D eigenvalue weighted by Crippen LogP contribution is 2.14. The van der Waals surface area contributed by atoms with Gasteiger partial charge in [0.15, 0.2) is 5.78 Å². The third kappa shape index (κ3) is 1.28. The summed E-state index contributed by atoms with van der Waals surface area (Å²) in [5.74, 6) is 0.291. The Labute approximate surface area is 70.2 Å². The summed E-state index contributed by atoms with van der Waals surface area (Å²) in [6.45, 7) is 1.31. The fraction of sp³-hybridized carbons (Fsp3) is 0.375. The van der Waals surface area contributed by atoms with Crippen molar-refractivity contribution in [1.29, 1.82) is 0 Å². The smallest absolute Gasteiger partial charge is 0.153 e. The van der Waals surface area contributed by atoms with E-state index >= 15 is 0 Å². The number of hydrogen-bond acceptors (Lipinski definition) is 4. The standard InChI is InChI=1S/C8H9N3O/c12-8-1-2-11(5-8)7-3-9-6-10-4-7/h3-4,6H,1-2,5H2. The minimum Gasteiger partial charge on any atom is -0.361 e. The molecule has 1 aromatic heterocycles. The summed E-state index contributed by atoms with van der Waals surface area (Å²) in [6.07, 6.45) is 5.59. The van der Waals surface area contributed by atoms with Crippen LogP contribution >= 0.6 is 0 Å². The van der Waals surface area contributed by atoms with Crippen LogP contribution in [0.5, 0.6) is 0 Å². The number of nitrogens with zero attached hydrogens (tertiary/aromatic N) is 3. The molecule has 0 radical (unpaired) electrons. The Morgan fingerprint density at radius 3 is 2.67 bits per heavy atom. The molecule has 1 saturated heterocycles. The molecule has 0 unspecified atom stereocenters. The Morgan fingerprint density at radius 2 is 2.08 bits per heavy atom. The van der Waals surface area contributed by atoms with E-state index in [0.29, 0.717) is 18.7 Å². The first-order chi connectivity index (χ1) is 5.86. The lowest BCUT2D eigenvalue weighted by Crippen LogP contribution is -2.19. The molecule has 0 bridgehead atoms. The van der Waals surface area contributed by atoms with E-state index in [1.165, 1.54) is 6.33 Å². The maximum absolute atomic E-state index is 10.9. The van der Waals surface area contributed by atoms with Gasteiger partial charge in [-0.2, -0.15) is 0 Å². The highest BCUT2D eigenvalue weighted by molar-refractivity contribution is 5.86. The Hall–Kier alpha value is -1.45. The molecule has 0 amide bonds. The van der Waals surface area contributed by atoms with Gasteiger partial charge in [-0.3, -0.25) is 4.79 Å². The monoisotopic (exact) mass is 163 g/mol. The lowest BCUT2D eigenvalue weighted by atomic mass is 10.4. The van der Waals surface area contributed by atoms with Crippen molar-refractivity contribution < 1.29 is 4.79 Å². The molecule has 0 saturated carbocycles. The van der Waals surface area contributed by atoms with Crippen molar-refractivity contribution in [2.45, 2.75) is 6.42 Å². The van der Waals surface area contributed by atoms with Gasteiger partial charge in [0, 0.05) is 13.0 Å². The lowest BCUT2D eigenvalue weighted by molar-refractivity contribution is -0.116. The zero-order valence-corrected chi connectivity index (χ0v) is 6.60. The first kappa shape index (κ1) is 7.21. The summed E-state index contributed by atoms with van der Waals surface area (Å²) in [4.78, 5) is 20.7. The maximum Gasteiger partial charge on any atom is 0.153 e. The van der Waals surface area contributed by atoms with Crippen LogP contribution in [-0.2, 0) is 4.79 Å². The normalized spacial score (nSPS) is 17.0. The molecule has 1 fully saturated rings. The van der Waals surface area contributed by atoms with Crippen LogP contribution in [0.3, 0.4) is 0 Å². The number of hydrogen-bond donors (Lipinski definition) is 0. The first-order valence-electron chi connectivity index (χ1n) is 3.88. The third-order valence-corrected chi connectivity index (χ3v) is 1.94. The zero-order chi connectivity index (χ0) is 8.39. The van der Waals surface area contributed by atoms with Gasteiger partial charge in [0.2, 0.25) is 0 Å². The Balaban J connectivity index is 2.16. The van der Waals surface area contributed by atoms with Crippen molar-refractivity contribution in [1.82, 2.24) is 9.97 Å². The van der Waals surface area contributed by atoms with Crippen LogP contribution in [0.2, 0.25) is 0 Å². The second-order valence-electron chi connectivity index (χ2n) is 2.81. The topological polar surface area (TPSA) is 46.1 Å². The third-order valence-electron chi connectivity index (χ3n) is 1.94. The van der Waals surface area contributed by atoms with Gasteiger partial charge in [0.05, 0.1) is 24.6 Å². The van der Waals surface area contributed by atoms with E-state index in [4.69, 9.17) is 0 Å². The van der Waals surface area contributed by atoms with Crippen molar-refractivity contribution >= 4 is 11.5 Å². The molecule has 0 atom stereocenters. The highest BCUT2D eigenvalue weighted by Gasteiger charge is 2.19. The van der Waals surface area contributed by atoms with Crippen molar-refractivity contribution in [2.24, 2.45) is 0 Å². The number of ketones is 1. The molecule has 4 heteroatoms. The molecule has 4 nitrogen and oxygen atoms in total. The van der Waals surface area contributed by atoms with E-state index < -0.39 is 0 Å². The fourth-order valence-corrected chi connectivity index (χ4v) is 1.31. The van der Waals surface area contributed by atoms with E-state index in [-0.39, 0.29) is 0 Å². The van der Waals surface area contributed by atoms with E-state index in [1.807, 2.05) is 4.90 Å². The SMILES string of the molecule is O=C1CCN(c2cncnc2)C1. The second kappa shape index (κ2) is 2.89. The molecule has 1 aliphatic heterocycles. The molecule has 12 heavy (non-hydrogen) atoms. The zero-order valence-electron chi connectivity index (χ0n) is 6.60. The fourth-order valence-electron chi connectivity index (χ4n) is 1.31. The van der Waals surface area contributed by atoms with Gasteiger partial charge in [0.25, 0.3) is 0 Å². The molecule has 0 aromatic carbocycles. The van der Waals surface area contributed by atoms with Crippen LogP contribution in [0.1, 0.15) is 6.42 Å². The number of rotatable bonds is 1. The van der Waals surface area contributed by atoms with Gasteiger partial charge in [-0.15, -0.1) is 0 Å². The van der Waals surface area contributed by atoms with Crippen LogP contribution in [0, 0.1) is 0 Å². The van der Waals surface area contributed by atoms with Gasteiger partial charge in [-0.1, -0.05) is 0 Å². The summed E-state index contributed by atoms with van der Waals surface area (Å²) >= 11 is 0. The minimum atomic E-state index is 0.291. The molecular formula is C8H9N3O.